The highest BCUT2D eigenvalue weighted by Gasteiger charge is 2.18. The zero-order valence-electron chi connectivity index (χ0n) is 11.9. The molecule has 2 aromatic rings. The molecular formula is C13H12N4O5S. The summed E-state index contributed by atoms with van der Waals surface area (Å²) in [5.74, 6) is -0.300. The monoisotopic (exact) mass is 336 g/mol. The number of carbonyl (C=O) groups excluding carboxylic acids is 1. The van der Waals surface area contributed by atoms with Crippen LogP contribution in [0.4, 0.5) is 11.5 Å². The number of H-pyrrole nitrogens is 1. The topological polar surface area (TPSA) is 141 Å². The first kappa shape index (κ1) is 16.5. The first-order valence-corrected chi connectivity index (χ1v) is 7.24. The van der Waals surface area contributed by atoms with Gasteiger partial charge < -0.3 is 15.5 Å². The molecular weight excluding hydrogens is 324 g/mol. The van der Waals surface area contributed by atoms with Gasteiger partial charge in [-0.2, -0.15) is 0 Å². The van der Waals surface area contributed by atoms with Crippen molar-refractivity contribution in [1.29, 1.82) is 0 Å². The molecule has 1 aromatic carbocycles. The number of nitro groups is 1. The molecule has 0 bridgehead atoms. The molecule has 1 aromatic heterocycles. The number of benzene rings is 1. The minimum atomic E-state index is -0.625. The maximum atomic E-state index is 12.1. The van der Waals surface area contributed by atoms with Gasteiger partial charge in [0.05, 0.1) is 17.8 Å². The van der Waals surface area contributed by atoms with Gasteiger partial charge in [0, 0.05) is 17.7 Å². The standard InChI is InChI=1S/C13H12N4O5S/c1-22-10-3-2-7(4-8(10)17(20)21)9(18)6-23-13-15-11(14)5-12(19)16-13/h2-5H,6H2,1H3,(H3,14,15,16,19). The van der Waals surface area contributed by atoms with Gasteiger partial charge >= 0.3 is 5.69 Å². The molecule has 0 radical (unpaired) electrons. The third-order valence-electron chi connectivity index (χ3n) is 2.78. The molecule has 0 aliphatic carbocycles. The third kappa shape index (κ3) is 4.07. The number of thioether (sulfide) groups is 1. The Kier molecular flexibility index (Phi) is 4.96. The Morgan fingerprint density at radius 3 is 2.83 bits per heavy atom. The van der Waals surface area contributed by atoms with E-state index in [4.69, 9.17) is 10.5 Å². The van der Waals surface area contributed by atoms with Gasteiger partial charge in [0.25, 0.3) is 5.56 Å². The number of Topliss-reactive ketones (excluding diaryl/α,β-unsaturated/α-hetero) is 1. The normalized spacial score (nSPS) is 10.3. The fourth-order valence-corrected chi connectivity index (χ4v) is 2.52. The number of aromatic amines is 1. The van der Waals surface area contributed by atoms with Crippen molar-refractivity contribution in [2.45, 2.75) is 5.16 Å². The summed E-state index contributed by atoms with van der Waals surface area (Å²) in [7, 11) is 1.31. The summed E-state index contributed by atoms with van der Waals surface area (Å²) in [4.78, 5) is 40.0. The van der Waals surface area contributed by atoms with E-state index in [2.05, 4.69) is 9.97 Å². The molecule has 0 fully saturated rings. The van der Waals surface area contributed by atoms with Crippen molar-refractivity contribution in [3.8, 4) is 5.75 Å². The highest BCUT2D eigenvalue weighted by molar-refractivity contribution is 7.99. The van der Waals surface area contributed by atoms with Gasteiger partial charge in [0.15, 0.2) is 16.7 Å². The second kappa shape index (κ2) is 6.92. The van der Waals surface area contributed by atoms with Gasteiger partial charge in [-0.1, -0.05) is 11.8 Å². The number of nitrogens with one attached hydrogen (secondary N) is 1. The van der Waals surface area contributed by atoms with E-state index in [9.17, 15) is 19.7 Å². The van der Waals surface area contributed by atoms with Crippen LogP contribution in [0.5, 0.6) is 5.75 Å². The number of ether oxygens (including phenoxy) is 1. The van der Waals surface area contributed by atoms with Crippen LogP contribution in [0, 0.1) is 10.1 Å². The van der Waals surface area contributed by atoms with Gasteiger partial charge in [0.1, 0.15) is 5.82 Å². The Morgan fingerprint density at radius 2 is 2.22 bits per heavy atom. The number of nitrogen functional groups attached to an aromatic ring is 1. The maximum Gasteiger partial charge on any atom is 0.311 e. The van der Waals surface area contributed by atoms with Crippen LogP contribution in [0.2, 0.25) is 0 Å². The van der Waals surface area contributed by atoms with E-state index in [0.29, 0.717) is 0 Å². The maximum absolute atomic E-state index is 12.1. The molecule has 0 aliphatic heterocycles. The van der Waals surface area contributed by atoms with Crippen molar-refractivity contribution in [2.75, 3.05) is 18.6 Å². The summed E-state index contributed by atoms with van der Waals surface area (Å²) in [5.41, 5.74) is 4.89. The van der Waals surface area contributed by atoms with Gasteiger partial charge in [-0.05, 0) is 12.1 Å². The van der Waals surface area contributed by atoms with Crippen molar-refractivity contribution in [1.82, 2.24) is 9.97 Å². The summed E-state index contributed by atoms with van der Waals surface area (Å²) in [5, 5.41) is 11.2. The quantitative estimate of drug-likeness (QED) is 0.264. The minimum Gasteiger partial charge on any atom is -0.490 e. The van der Waals surface area contributed by atoms with Crippen molar-refractivity contribution in [2.24, 2.45) is 0 Å². The number of anilines is 1. The van der Waals surface area contributed by atoms with Crippen LogP contribution in [-0.4, -0.2) is 33.5 Å². The van der Waals surface area contributed by atoms with E-state index >= 15 is 0 Å². The van der Waals surface area contributed by atoms with Crippen LogP contribution < -0.4 is 16.0 Å². The van der Waals surface area contributed by atoms with Crippen LogP contribution in [0.3, 0.4) is 0 Å². The Balaban J connectivity index is 2.16. The molecule has 0 saturated heterocycles. The SMILES string of the molecule is COc1ccc(C(=O)CSc2nc(N)cc(=O)[nH]2)cc1[N+](=O)[O-]. The lowest BCUT2D eigenvalue weighted by Gasteiger charge is -2.05. The van der Waals surface area contributed by atoms with Crippen molar-refractivity contribution in [3.63, 3.8) is 0 Å². The number of hydrogen-bond acceptors (Lipinski definition) is 8. The van der Waals surface area contributed by atoms with Crippen molar-refractivity contribution < 1.29 is 14.5 Å². The van der Waals surface area contributed by atoms with E-state index in [-0.39, 0.29) is 39.5 Å². The van der Waals surface area contributed by atoms with Gasteiger partial charge in [-0.15, -0.1) is 0 Å². The summed E-state index contributed by atoms with van der Waals surface area (Å²) in [6.45, 7) is 0. The highest BCUT2D eigenvalue weighted by Crippen LogP contribution is 2.28. The van der Waals surface area contributed by atoms with Crippen LogP contribution in [0.25, 0.3) is 0 Å². The molecule has 120 valence electrons. The fourth-order valence-electron chi connectivity index (χ4n) is 1.74. The predicted octanol–water partition coefficient (Wildman–Crippen LogP) is 1.24. The second-order valence-corrected chi connectivity index (χ2v) is 5.30. The molecule has 0 atom stereocenters. The summed E-state index contributed by atoms with van der Waals surface area (Å²) in [6.07, 6.45) is 0. The van der Waals surface area contributed by atoms with E-state index < -0.39 is 10.5 Å². The number of hydrogen-bond donors (Lipinski definition) is 2. The molecule has 0 saturated carbocycles. The van der Waals surface area contributed by atoms with E-state index in [1.54, 1.807) is 0 Å². The lowest BCUT2D eigenvalue weighted by molar-refractivity contribution is -0.385. The number of nitrogens with two attached hydrogens (primary N) is 1. The Hall–Kier alpha value is -2.88. The second-order valence-electron chi connectivity index (χ2n) is 4.33. The van der Waals surface area contributed by atoms with Crippen LogP contribution in [0.15, 0.2) is 34.2 Å². The van der Waals surface area contributed by atoms with Crippen LogP contribution in [-0.2, 0) is 0 Å². The highest BCUT2D eigenvalue weighted by atomic mass is 32.2. The van der Waals surface area contributed by atoms with E-state index in [0.717, 1.165) is 23.9 Å². The Bertz CT molecular complexity index is 820. The summed E-state index contributed by atoms with van der Waals surface area (Å²) < 4.78 is 4.88. The van der Waals surface area contributed by atoms with Crippen LogP contribution in [0.1, 0.15) is 10.4 Å². The predicted molar refractivity (Wildman–Crippen MR) is 84.0 cm³/mol. The zero-order valence-corrected chi connectivity index (χ0v) is 12.8. The van der Waals surface area contributed by atoms with Gasteiger partial charge in [-0.25, -0.2) is 4.98 Å². The molecule has 0 spiro atoms. The Morgan fingerprint density at radius 1 is 1.48 bits per heavy atom. The molecule has 1 heterocycles. The first-order valence-electron chi connectivity index (χ1n) is 6.26. The lowest BCUT2D eigenvalue weighted by Crippen LogP contribution is -2.11. The molecule has 0 aliphatic rings. The van der Waals surface area contributed by atoms with Crippen molar-refractivity contribution >= 4 is 29.1 Å². The molecule has 0 unspecified atom stereocenters. The van der Waals surface area contributed by atoms with Crippen LogP contribution >= 0.6 is 11.8 Å². The molecule has 0 amide bonds. The van der Waals surface area contributed by atoms with E-state index in [1.807, 2.05) is 0 Å². The first-order chi connectivity index (χ1) is 10.9. The lowest BCUT2D eigenvalue weighted by atomic mass is 10.1. The number of nitrogens with zero attached hydrogens (tertiary/aromatic N) is 2. The smallest absolute Gasteiger partial charge is 0.311 e. The third-order valence-corrected chi connectivity index (χ3v) is 3.65. The molecule has 3 N–H and O–H groups in total. The number of ketones is 1. The van der Waals surface area contributed by atoms with Crippen molar-refractivity contribution in [3.05, 3.63) is 50.3 Å². The largest absolute Gasteiger partial charge is 0.490 e. The Labute approximate surface area is 134 Å². The molecule has 2 rings (SSSR count). The number of aromatic nitrogens is 2. The van der Waals surface area contributed by atoms with E-state index in [1.165, 1.54) is 19.2 Å². The molecule has 10 heteroatoms. The zero-order chi connectivity index (χ0) is 17.0. The average Bonchev–Trinajstić information content (AvgIpc) is 2.51. The summed E-state index contributed by atoms with van der Waals surface area (Å²) >= 11 is 0.979. The molecule has 9 nitrogen and oxygen atoms in total. The number of nitro benzene ring substituents is 1. The summed E-state index contributed by atoms with van der Waals surface area (Å²) in [6, 6.07) is 5.07. The average molecular weight is 336 g/mol. The molecule has 23 heavy (non-hydrogen) atoms. The fraction of sp³-hybridized carbons (Fsp3) is 0.154. The minimum absolute atomic E-state index is 0.0452. The van der Waals surface area contributed by atoms with Gasteiger partial charge in [-0.3, -0.25) is 19.7 Å². The number of rotatable bonds is 6. The van der Waals surface area contributed by atoms with Gasteiger partial charge in [0.2, 0.25) is 0 Å². The number of carbonyl (C=O) groups is 1. The number of methoxy groups -OCH3 is 1.